The molecule has 0 atom stereocenters. The first kappa shape index (κ1) is 14.9. The summed E-state index contributed by atoms with van der Waals surface area (Å²) < 4.78 is 5.09. The molecule has 2 aliphatic heterocycles. The van der Waals surface area contributed by atoms with Crippen LogP contribution in [0.5, 0.6) is 5.75 Å². The van der Waals surface area contributed by atoms with E-state index in [1.54, 1.807) is 31.4 Å². The number of carbonyl (C=O) groups is 2. The lowest BCUT2D eigenvalue weighted by Crippen LogP contribution is -2.37. The molecule has 1 aromatic rings. The van der Waals surface area contributed by atoms with Crippen molar-refractivity contribution in [2.45, 2.75) is 19.3 Å². The molecule has 1 saturated heterocycles. The molecule has 22 heavy (non-hydrogen) atoms. The molecule has 0 radical (unpaired) electrons. The normalized spacial score (nSPS) is 19.2. The van der Waals surface area contributed by atoms with Crippen LogP contribution in [0.3, 0.4) is 0 Å². The van der Waals surface area contributed by atoms with Crippen LogP contribution >= 0.6 is 11.6 Å². The van der Waals surface area contributed by atoms with Crippen molar-refractivity contribution >= 4 is 29.1 Å². The van der Waals surface area contributed by atoms with Crippen molar-refractivity contribution in [3.05, 3.63) is 35.0 Å². The number of hydrogen-bond donors (Lipinski definition) is 0. The minimum atomic E-state index is -0.461. The Labute approximate surface area is 134 Å². The van der Waals surface area contributed by atoms with Gasteiger partial charge < -0.3 is 9.64 Å². The Hall–Kier alpha value is -2.01. The molecular formula is C16H17ClN2O3. The van der Waals surface area contributed by atoms with E-state index in [-0.39, 0.29) is 10.9 Å². The number of anilines is 1. The summed E-state index contributed by atoms with van der Waals surface area (Å²) in [5.74, 6) is -0.141. The van der Waals surface area contributed by atoms with E-state index in [4.69, 9.17) is 16.3 Å². The summed E-state index contributed by atoms with van der Waals surface area (Å²) >= 11 is 6.16. The molecule has 0 unspecified atom stereocenters. The Morgan fingerprint density at radius 3 is 2.23 bits per heavy atom. The molecule has 2 heterocycles. The number of likely N-dealkylation sites (tertiary alicyclic amines) is 1. The number of methoxy groups -OCH3 is 1. The van der Waals surface area contributed by atoms with Crippen molar-refractivity contribution in [3.8, 4) is 5.75 Å². The SMILES string of the molecule is COc1ccc(N2C(=O)C(Cl)=C(N3CCCCC3)C2=O)cc1. The maximum atomic E-state index is 12.7. The number of hydrogen-bond acceptors (Lipinski definition) is 4. The molecule has 0 aliphatic carbocycles. The van der Waals surface area contributed by atoms with Gasteiger partial charge in [0.25, 0.3) is 11.8 Å². The lowest BCUT2D eigenvalue weighted by atomic mass is 10.1. The molecule has 0 saturated carbocycles. The van der Waals surface area contributed by atoms with Crippen LogP contribution in [0, 0.1) is 0 Å². The van der Waals surface area contributed by atoms with E-state index in [2.05, 4.69) is 0 Å². The number of rotatable bonds is 3. The van der Waals surface area contributed by atoms with Gasteiger partial charge in [0.15, 0.2) is 0 Å². The first-order valence-electron chi connectivity index (χ1n) is 7.31. The van der Waals surface area contributed by atoms with Crippen LogP contribution in [0.1, 0.15) is 19.3 Å². The number of ether oxygens (including phenoxy) is 1. The third-order valence-corrected chi connectivity index (χ3v) is 4.35. The number of imide groups is 1. The predicted octanol–water partition coefficient (Wildman–Crippen LogP) is 2.50. The van der Waals surface area contributed by atoms with E-state index in [0.717, 1.165) is 37.3 Å². The summed E-state index contributed by atoms with van der Waals surface area (Å²) in [6.45, 7) is 1.53. The molecule has 0 spiro atoms. The fraction of sp³-hybridized carbons (Fsp3) is 0.375. The van der Waals surface area contributed by atoms with Gasteiger partial charge in [-0.1, -0.05) is 11.6 Å². The van der Waals surface area contributed by atoms with Gasteiger partial charge in [-0.2, -0.15) is 0 Å². The first-order chi connectivity index (χ1) is 10.6. The zero-order chi connectivity index (χ0) is 15.7. The summed E-state index contributed by atoms with van der Waals surface area (Å²) in [5.41, 5.74) is 0.836. The van der Waals surface area contributed by atoms with Crippen molar-refractivity contribution < 1.29 is 14.3 Å². The molecule has 3 rings (SSSR count). The number of piperidine rings is 1. The maximum absolute atomic E-state index is 12.7. The van der Waals surface area contributed by atoms with Crippen LogP contribution < -0.4 is 9.64 Å². The van der Waals surface area contributed by atoms with Crippen LogP contribution in [0.25, 0.3) is 0 Å². The van der Waals surface area contributed by atoms with Crippen molar-refractivity contribution in [3.63, 3.8) is 0 Å². The van der Waals surface area contributed by atoms with Gasteiger partial charge in [-0.05, 0) is 43.5 Å². The van der Waals surface area contributed by atoms with Crippen molar-refractivity contribution in [2.24, 2.45) is 0 Å². The largest absolute Gasteiger partial charge is 0.497 e. The number of halogens is 1. The summed E-state index contributed by atoms with van der Waals surface area (Å²) in [6, 6.07) is 6.78. The highest BCUT2D eigenvalue weighted by Crippen LogP contribution is 2.33. The van der Waals surface area contributed by atoms with Gasteiger partial charge in [0.2, 0.25) is 0 Å². The zero-order valence-electron chi connectivity index (χ0n) is 12.3. The molecule has 5 nitrogen and oxygen atoms in total. The topological polar surface area (TPSA) is 49.9 Å². The third-order valence-electron chi connectivity index (χ3n) is 4.01. The van der Waals surface area contributed by atoms with E-state index < -0.39 is 5.91 Å². The molecule has 0 aromatic heterocycles. The van der Waals surface area contributed by atoms with Gasteiger partial charge >= 0.3 is 0 Å². The standard InChI is InChI=1S/C16H17ClN2O3/c1-22-12-7-5-11(6-8-12)19-15(20)13(17)14(16(19)21)18-9-3-2-4-10-18/h5-8H,2-4,9-10H2,1H3. The average molecular weight is 321 g/mol. The smallest absolute Gasteiger partial charge is 0.283 e. The summed E-state index contributed by atoms with van der Waals surface area (Å²) in [5, 5.41) is 0.0164. The summed E-state index contributed by atoms with van der Waals surface area (Å²) in [7, 11) is 1.56. The van der Waals surface area contributed by atoms with Gasteiger partial charge in [0.1, 0.15) is 16.5 Å². The van der Waals surface area contributed by atoms with Crippen LogP contribution in [0.2, 0.25) is 0 Å². The van der Waals surface area contributed by atoms with Crippen LogP contribution in [0.4, 0.5) is 5.69 Å². The highest BCUT2D eigenvalue weighted by Gasteiger charge is 2.41. The molecular weight excluding hydrogens is 304 g/mol. The monoisotopic (exact) mass is 320 g/mol. The Morgan fingerprint density at radius 2 is 1.64 bits per heavy atom. The third kappa shape index (κ3) is 2.46. The van der Waals surface area contributed by atoms with Crippen molar-refractivity contribution in [1.29, 1.82) is 0 Å². The number of benzene rings is 1. The van der Waals surface area contributed by atoms with E-state index in [1.165, 1.54) is 0 Å². The predicted molar refractivity (Wildman–Crippen MR) is 83.8 cm³/mol. The Bertz CT molecular complexity index is 633. The minimum Gasteiger partial charge on any atom is -0.497 e. The van der Waals surface area contributed by atoms with Gasteiger partial charge in [-0.15, -0.1) is 0 Å². The molecule has 2 amide bonds. The Morgan fingerprint density at radius 1 is 1.00 bits per heavy atom. The second-order valence-electron chi connectivity index (χ2n) is 5.35. The lowest BCUT2D eigenvalue weighted by molar-refractivity contribution is -0.121. The highest BCUT2D eigenvalue weighted by atomic mass is 35.5. The van der Waals surface area contributed by atoms with E-state index >= 15 is 0 Å². The zero-order valence-corrected chi connectivity index (χ0v) is 13.1. The van der Waals surface area contributed by atoms with Gasteiger partial charge in [-0.25, -0.2) is 4.90 Å². The van der Waals surface area contributed by atoms with Gasteiger partial charge in [0, 0.05) is 13.1 Å². The Balaban J connectivity index is 1.89. The summed E-state index contributed by atoms with van der Waals surface area (Å²) in [6.07, 6.45) is 3.17. The van der Waals surface area contributed by atoms with E-state index in [1.807, 2.05) is 4.90 Å². The maximum Gasteiger partial charge on any atom is 0.283 e. The fourth-order valence-corrected chi connectivity index (χ4v) is 3.13. The molecule has 1 aromatic carbocycles. The Kier molecular flexibility index (Phi) is 4.07. The van der Waals surface area contributed by atoms with Gasteiger partial charge in [0.05, 0.1) is 12.8 Å². The van der Waals surface area contributed by atoms with Crippen LogP contribution in [-0.2, 0) is 9.59 Å². The van der Waals surface area contributed by atoms with Gasteiger partial charge in [-0.3, -0.25) is 9.59 Å². The second-order valence-corrected chi connectivity index (χ2v) is 5.73. The van der Waals surface area contributed by atoms with Crippen LogP contribution in [0.15, 0.2) is 35.0 Å². The lowest BCUT2D eigenvalue weighted by Gasteiger charge is -2.29. The molecule has 116 valence electrons. The molecule has 0 bridgehead atoms. The second kappa shape index (κ2) is 6.01. The highest BCUT2D eigenvalue weighted by molar-refractivity contribution is 6.52. The van der Waals surface area contributed by atoms with Crippen LogP contribution in [-0.4, -0.2) is 36.9 Å². The average Bonchev–Trinajstić information content (AvgIpc) is 2.78. The van der Waals surface area contributed by atoms with E-state index in [0.29, 0.717) is 17.1 Å². The molecule has 0 N–H and O–H groups in total. The number of carbonyl (C=O) groups excluding carboxylic acids is 2. The van der Waals surface area contributed by atoms with Crippen molar-refractivity contribution in [1.82, 2.24) is 4.90 Å². The molecule has 6 heteroatoms. The van der Waals surface area contributed by atoms with Crippen molar-refractivity contribution in [2.75, 3.05) is 25.1 Å². The minimum absolute atomic E-state index is 0.0164. The fourth-order valence-electron chi connectivity index (χ4n) is 2.85. The molecule has 1 fully saturated rings. The number of nitrogens with zero attached hydrogens (tertiary/aromatic N) is 2. The summed E-state index contributed by atoms with van der Waals surface area (Å²) in [4.78, 5) is 28.1. The number of amides is 2. The first-order valence-corrected chi connectivity index (χ1v) is 7.69. The van der Waals surface area contributed by atoms with E-state index in [9.17, 15) is 9.59 Å². The quantitative estimate of drug-likeness (QED) is 0.803. The molecule has 2 aliphatic rings.